The van der Waals surface area contributed by atoms with Crippen LogP contribution in [0.15, 0.2) is 59.6 Å². The largest absolute Gasteiger partial charge is 1.00 e. The Balaban J connectivity index is 0.00000267. The predicted molar refractivity (Wildman–Crippen MR) is 142 cm³/mol. The number of aromatic nitrogens is 2. The average Bonchev–Trinajstić information content (AvgIpc) is 3.72. The monoisotopic (exact) mass is 568 g/mol. The molecule has 0 bridgehead atoms. The molecular weight excluding hydrogens is 539 g/mol. The molecule has 1 saturated carbocycles. The fraction of sp³-hybridized carbons (Fsp3) is 0.292. The van der Waals surface area contributed by atoms with Gasteiger partial charge in [-0.3, -0.25) is 4.79 Å². The summed E-state index contributed by atoms with van der Waals surface area (Å²) in [5, 5.41) is 5.93. The number of carbonyl (C=O) groups is 1. The minimum atomic E-state index is -4.00. The number of aryl methyl sites for hydroxylation is 1. The third kappa shape index (κ3) is 7.98. The molecule has 14 heteroatoms. The fourth-order valence-corrected chi connectivity index (χ4v) is 5.82. The van der Waals surface area contributed by atoms with Crippen molar-refractivity contribution >= 4 is 49.1 Å². The maximum absolute atomic E-state index is 12.4. The van der Waals surface area contributed by atoms with E-state index in [0.29, 0.717) is 24.3 Å². The van der Waals surface area contributed by atoms with E-state index >= 15 is 0 Å². The van der Waals surface area contributed by atoms with E-state index in [1.54, 1.807) is 25.3 Å². The van der Waals surface area contributed by atoms with Crippen LogP contribution in [0.1, 0.15) is 38.7 Å². The van der Waals surface area contributed by atoms with Crippen LogP contribution >= 0.6 is 0 Å². The summed E-state index contributed by atoms with van der Waals surface area (Å²) in [6.07, 6.45) is 3.07. The number of rotatable bonds is 11. The second kappa shape index (κ2) is 12.5. The summed E-state index contributed by atoms with van der Waals surface area (Å²) < 4.78 is 53.7. The number of anilines is 4. The first-order valence-electron chi connectivity index (χ1n) is 11.7. The quantitative estimate of drug-likeness (QED) is 0.237. The number of nitrogens with zero attached hydrogens (tertiary/aromatic N) is 2. The SMILES string of the molecule is CCC(=O)NS(=O)(=O)c1cccc(Nc2ncc(C)c(Nc3cccc(CNS(=O)(=O)C4CC4)c3)n2)c1.[H-].[Na+]. The van der Waals surface area contributed by atoms with E-state index in [-0.39, 0.29) is 60.0 Å². The molecule has 1 fully saturated rings. The number of hydrogen-bond acceptors (Lipinski definition) is 9. The van der Waals surface area contributed by atoms with Crippen molar-refractivity contribution in [3.05, 3.63) is 65.9 Å². The molecule has 1 aliphatic carbocycles. The standard InChI is InChI=1S/C24H28N6O5S2.Na.H/c1-3-22(31)30-37(34,35)21-9-5-8-19(13-21)28-24-25-14-16(2)23(29-24)27-18-7-4-6-17(12-18)15-26-36(32,33)20-10-11-20;;/h4-9,12-14,20,26H,3,10-11,15H2,1-2H3,(H,30,31)(H2,25,27,28,29);;/q;+1;-1. The van der Waals surface area contributed by atoms with Gasteiger partial charge in [0.15, 0.2) is 0 Å². The molecule has 1 aromatic heterocycles. The Labute approximate surface area is 246 Å². The molecule has 1 amide bonds. The third-order valence-electron chi connectivity index (χ3n) is 5.57. The molecule has 0 unspecified atom stereocenters. The predicted octanol–water partition coefficient (Wildman–Crippen LogP) is 0.185. The molecule has 11 nitrogen and oxygen atoms in total. The minimum Gasteiger partial charge on any atom is -1.00 e. The Hall–Kier alpha value is -2.55. The fourth-order valence-electron chi connectivity index (χ4n) is 3.36. The maximum Gasteiger partial charge on any atom is 1.00 e. The number of sulfonamides is 2. The van der Waals surface area contributed by atoms with E-state index in [1.165, 1.54) is 12.1 Å². The summed E-state index contributed by atoms with van der Waals surface area (Å²) >= 11 is 0. The zero-order chi connectivity index (χ0) is 26.6. The summed E-state index contributed by atoms with van der Waals surface area (Å²) in [6, 6.07) is 13.3. The molecule has 4 N–H and O–H groups in total. The van der Waals surface area contributed by atoms with Crippen molar-refractivity contribution in [1.29, 1.82) is 0 Å². The summed E-state index contributed by atoms with van der Waals surface area (Å²) in [6.45, 7) is 3.60. The van der Waals surface area contributed by atoms with E-state index in [4.69, 9.17) is 0 Å². The maximum atomic E-state index is 12.4. The van der Waals surface area contributed by atoms with Crippen molar-refractivity contribution in [2.24, 2.45) is 0 Å². The van der Waals surface area contributed by atoms with Gasteiger partial charge in [-0.25, -0.2) is 31.3 Å². The number of benzene rings is 2. The first-order valence-corrected chi connectivity index (χ1v) is 14.7. The molecule has 0 radical (unpaired) electrons. The molecular formula is C24H29N6NaO5S2. The number of hydrogen-bond donors (Lipinski definition) is 4. The van der Waals surface area contributed by atoms with Crippen LogP contribution < -0.4 is 49.6 Å². The Kier molecular flexibility index (Phi) is 9.90. The van der Waals surface area contributed by atoms with E-state index in [2.05, 4.69) is 25.3 Å². The summed E-state index contributed by atoms with van der Waals surface area (Å²) in [4.78, 5) is 20.3. The Bertz CT molecular complexity index is 1540. The second-order valence-corrected chi connectivity index (χ2v) is 12.4. The van der Waals surface area contributed by atoms with Crippen LogP contribution in [0.4, 0.5) is 23.1 Å². The van der Waals surface area contributed by atoms with Gasteiger partial charge in [-0.1, -0.05) is 25.1 Å². The molecule has 0 aliphatic heterocycles. The number of carbonyl (C=O) groups excluding carboxylic acids is 1. The van der Waals surface area contributed by atoms with Crippen molar-refractivity contribution in [1.82, 2.24) is 19.4 Å². The molecule has 0 atom stereocenters. The van der Waals surface area contributed by atoms with Gasteiger partial charge >= 0.3 is 29.6 Å². The van der Waals surface area contributed by atoms with Gasteiger partial charge < -0.3 is 12.1 Å². The van der Waals surface area contributed by atoms with Gasteiger partial charge in [0.2, 0.25) is 21.9 Å². The van der Waals surface area contributed by atoms with Gasteiger partial charge in [0.1, 0.15) is 5.82 Å². The van der Waals surface area contributed by atoms with Crippen LogP contribution in [0.3, 0.4) is 0 Å². The van der Waals surface area contributed by atoms with Crippen molar-refractivity contribution in [3.63, 3.8) is 0 Å². The van der Waals surface area contributed by atoms with Gasteiger partial charge in [0.05, 0.1) is 10.1 Å². The Morgan fingerprint density at radius 3 is 2.39 bits per heavy atom. The van der Waals surface area contributed by atoms with Crippen molar-refractivity contribution in [2.75, 3.05) is 10.6 Å². The van der Waals surface area contributed by atoms with Crippen molar-refractivity contribution < 1.29 is 52.6 Å². The van der Waals surface area contributed by atoms with E-state index in [9.17, 15) is 21.6 Å². The van der Waals surface area contributed by atoms with Crippen LogP contribution in [-0.4, -0.2) is 38.0 Å². The zero-order valence-corrected chi connectivity index (χ0v) is 25.0. The van der Waals surface area contributed by atoms with Gasteiger partial charge in [-0.05, 0) is 55.7 Å². The minimum absolute atomic E-state index is 0. The molecule has 4 rings (SSSR count). The third-order valence-corrected chi connectivity index (χ3v) is 8.84. The zero-order valence-electron chi connectivity index (χ0n) is 22.4. The molecule has 3 aromatic rings. The topological polar surface area (TPSA) is 159 Å². The van der Waals surface area contributed by atoms with Crippen LogP contribution in [0.25, 0.3) is 0 Å². The van der Waals surface area contributed by atoms with Gasteiger partial charge in [-0.15, -0.1) is 0 Å². The van der Waals surface area contributed by atoms with Gasteiger partial charge in [0.25, 0.3) is 10.0 Å². The van der Waals surface area contributed by atoms with Gasteiger partial charge in [0, 0.05) is 36.1 Å². The Morgan fingerprint density at radius 1 is 1.03 bits per heavy atom. The van der Waals surface area contributed by atoms with E-state index < -0.39 is 26.0 Å². The molecule has 2 aromatic carbocycles. The molecule has 198 valence electrons. The summed E-state index contributed by atoms with van der Waals surface area (Å²) in [5.41, 5.74) is 2.71. The normalized spacial score (nSPS) is 13.3. The van der Waals surface area contributed by atoms with Crippen LogP contribution in [-0.2, 0) is 31.4 Å². The van der Waals surface area contributed by atoms with Gasteiger partial charge in [-0.2, -0.15) is 4.98 Å². The van der Waals surface area contributed by atoms with Crippen molar-refractivity contribution in [3.8, 4) is 0 Å². The molecule has 1 heterocycles. The first kappa shape index (κ1) is 30.0. The number of nitrogens with one attached hydrogen (secondary N) is 4. The second-order valence-electron chi connectivity index (χ2n) is 8.65. The summed E-state index contributed by atoms with van der Waals surface area (Å²) in [5.74, 6) is 0.154. The van der Waals surface area contributed by atoms with Crippen molar-refractivity contribution in [2.45, 2.75) is 49.8 Å². The smallest absolute Gasteiger partial charge is 1.00 e. The Morgan fingerprint density at radius 2 is 1.71 bits per heavy atom. The number of amides is 1. The van der Waals surface area contributed by atoms with Crippen LogP contribution in [0.2, 0.25) is 0 Å². The van der Waals surface area contributed by atoms with Crippen LogP contribution in [0.5, 0.6) is 0 Å². The molecule has 0 spiro atoms. The molecule has 38 heavy (non-hydrogen) atoms. The first-order chi connectivity index (χ1) is 17.6. The van der Waals surface area contributed by atoms with E-state index in [1.807, 2.05) is 35.9 Å². The van der Waals surface area contributed by atoms with Crippen LogP contribution in [0, 0.1) is 6.92 Å². The average molecular weight is 569 g/mol. The molecule has 1 aliphatic rings. The van der Waals surface area contributed by atoms with E-state index in [0.717, 1.165) is 16.8 Å². The molecule has 0 saturated heterocycles. The summed E-state index contributed by atoms with van der Waals surface area (Å²) in [7, 11) is -7.27.